The van der Waals surface area contributed by atoms with Gasteiger partial charge in [-0.3, -0.25) is 9.48 Å². The Bertz CT molecular complexity index is 617. The number of benzene rings is 1. The van der Waals surface area contributed by atoms with Crippen molar-refractivity contribution in [2.24, 2.45) is 7.05 Å². The number of ketones is 1. The third-order valence-electron chi connectivity index (χ3n) is 2.94. The Balaban J connectivity index is 2.55. The van der Waals surface area contributed by atoms with Gasteiger partial charge in [0.15, 0.2) is 11.4 Å². The maximum absolute atomic E-state index is 12.6. The molecule has 0 bridgehead atoms. The highest BCUT2D eigenvalue weighted by Crippen LogP contribution is 2.26. The normalized spacial score (nSPS) is 10.3. The maximum atomic E-state index is 12.6. The largest absolute Gasteiger partial charge is 0.496 e. The first kappa shape index (κ1) is 13.1. The second-order valence-corrected chi connectivity index (χ2v) is 4.22. The van der Waals surface area contributed by atoms with Crippen LogP contribution in [0.4, 0.5) is 0 Å². The van der Waals surface area contributed by atoms with Gasteiger partial charge in [0.05, 0.1) is 26.0 Å². The quantitative estimate of drug-likeness (QED) is 0.789. The molecule has 2 aromatic rings. The molecule has 0 fully saturated rings. The van der Waals surface area contributed by atoms with Crippen molar-refractivity contribution in [1.82, 2.24) is 9.78 Å². The smallest absolute Gasteiger partial charge is 0.218 e. The molecule has 0 radical (unpaired) electrons. The van der Waals surface area contributed by atoms with Crippen LogP contribution in [-0.2, 0) is 7.05 Å². The summed E-state index contributed by atoms with van der Waals surface area (Å²) in [5.74, 6) is 0.826. The van der Waals surface area contributed by atoms with Gasteiger partial charge < -0.3 is 9.47 Å². The molecule has 0 aliphatic heterocycles. The second-order valence-electron chi connectivity index (χ2n) is 4.22. The number of methoxy groups -OCH3 is 2. The molecule has 100 valence electrons. The Morgan fingerprint density at radius 2 is 1.89 bits per heavy atom. The van der Waals surface area contributed by atoms with E-state index in [0.29, 0.717) is 22.8 Å². The fraction of sp³-hybridized carbons (Fsp3) is 0.286. The molecule has 5 heteroatoms. The predicted octanol–water partition coefficient (Wildman–Crippen LogP) is 1.98. The molecule has 0 saturated heterocycles. The van der Waals surface area contributed by atoms with Crippen LogP contribution in [-0.4, -0.2) is 29.8 Å². The number of ether oxygens (including phenoxy) is 2. The zero-order valence-corrected chi connectivity index (χ0v) is 11.4. The molecule has 0 unspecified atom stereocenters. The molecular formula is C14H16N2O3. The van der Waals surface area contributed by atoms with Crippen LogP contribution in [0.25, 0.3) is 0 Å². The molecule has 0 aliphatic carbocycles. The minimum Gasteiger partial charge on any atom is -0.496 e. The van der Waals surface area contributed by atoms with Gasteiger partial charge in [-0.05, 0) is 19.1 Å². The molecule has 19 heavy (non-hydrogen) atoms. The monoisotopic (exact) mass is 260 g/mol. The maximum Gasteiger partial charge on any atom is 0.218 e. The lowest BCUT2D eigenvalue weighted by atomic mass is 10.0. The van der Waals surface area contributed by atoms with Crippen molar-refractivity contribution in [1.29, 1.82) is 0 Å². The number of nitrogens with zero attached hydrogens (tertiary/aromatic N) is 2. The minimum absolute atomic E-state index is 0.169. The molecule has 0 spiro atoms. The Morgan fingerprint density at radius 3 is 2.53 bits per heavy atom. The number of hydrogen-bond donors (Lipinski definition) is 0. The van der Waals surface area contributed by atoms with E-state index in [9.17, 15) is 4.79 Å². The van der Waals surface area contributed by atoms with Crippen molar-refractivity contribution < 1.29 is 14.3 Å². The summed E-state index contributed by atoms with van der Waals surface area (Å²) in [5, 5.41) is 4.04. The average Bonchev–Trinajstić information content (AvgIpc) is 2.79. The standard InChI is InChI=1S/C14H16N2O3/c1-9-5-6-11(18-3)10(7-9)14(17)13-12(19-4)8-15-16(13)2/h5-8H,1-4H3. The van der Waals surface area contributed by atoms with Gasteiger partial charge in [-0.2, -0.15) is 5.10 Å². The highest BCUT2D eigenvalue weighted by Gasteiger charge is 2.22. The third kappa shape index (κ3) is 2.31. The van der Waals surface area contributed by atoms with Gasteiger partial charge in [-0.25, -0.2) is 0 Å². The lowest BCUT2D eigenvalue weighted by Crippen LogP contribution is -2.11. The average molecular weight is 260 g/mol. The molecular weight excluding hydrogens is 244 g/mol. The fourth-order valence-corrected chi connectivity index (χ4v) is 1.95. The molecule has 2 rings (SSSR count). The minimum atomic E-state index is -0.169. The number of aromatic nitrogens is 2. The van der Waals surface area contributed by atoms with Crippen molar-refractivity contribution in [2.75, 3.05) is 14.2 Å². The third-order valence-corrected chi connectivity index (χ3v) is 2.94. The lowest BCUT2D eigenvalue weighted by Gasteiger charge is -2.09. The molecule has 0 amide bonds. The highest BCUT2D eigenvalue weighted by molar-refractivity contribution is 6.11. The van der Waals surface area contributed by atoms with E-state index < -0.39 is 0 Å². The Hall–Kier alpha value is -2.30. The van der Waals surface area contributed by atoms with Crippen LogP contribution in [0.5, 0.6) is 11.5 Å². The second kappa shape index (κ2) is 5.14. The molecule has 0 N–H and O–H groups in total. The van der Waals surface area contributed by atoms with Gasteiger partial charge in [-0.1, -0.05) is 11.6 Å². The Labute approximate surface area is 111 Å². The summed E-state index contributed by atoms with van der Waals surface area (Å²) in [7, 11) is 4.77. The zero-order valence-electron chi connectivity index (χ0n) is 11.4. The van der Waals surface area contributed by atoms with E-state index in [0.717, 1.165) is 5.56 Å². The first-order valence-corrected chi connectivity index (χ1v) is 5.83. The number of carbonyl (C=O) groups excluding carboxylic acids is 1. The summed E-state index contributed by atoms with van der Waals surface area (Å²) in [5.41, 5.74) is 1.90. The lowest BCUT2D eigenvalue weighted by molar-refractivity contribution is 0.102. The topological polar surface area (TPSA) is 53.4 Å². The van der Waals surface area contributed by atoms with Gasteiger partial charge in [0, 0.05) is 7.05 Å². The summed E-state index contributed by atoms with van der Waals surface area (Å²) in [6.07, 6.45) is 1.52. The zero-order chi connectivity index (χ0) is 14.0. The summed E-state index contributed by atoms with van der Waals surface area (Å²) < 4.78 is 11.9. The van der Waals surface area contributed by atoms with Crippen LogP contribution in [0.2, 0.25) is 0 Å². The van der Waals surface area contributed by atoms with Gasteiger partial charge in [0.2, 0.25) is 5.78 Å². The van der Waals surface area contributed by atoms with Crippen LogP contribution < -0.4 is 9.47 Å². The molecule has 0 atom stereocenters. The van der Waals surface area contributed by atoms with Crippen molar-refractivity contribution in [3.8, 4) is 11.5 Å². The molecule has 1 aromatic heterocycles. The molecule has 1 heterocycles. The number of carbonyl (C=O) groups is 1. The Kier molecular flexibility index (Phi) is 3.55. The van der Waals surface area contributed by atoms with Crippen molar-refractivity contribution in [2.45, 2.75) is 6.92 Å². The fourth-order valence-electron chi connectivity index (χ4n) is 1.95. The number of rotatable bonds is 4. The summed E-state index contributed by atoms with van der Waals surface area (Å²) in [6.45, 7) is 1.93. The summed E-state index contributed by atoms with van der Waals surface area (Å²) in [4.78, 5) is 12.6. The number of hydrogen-bond acceptors (Lipinski definition) is 4. The van der Waals surface area contributed by atoms with Crippen molar-refractivity contribution in [3.05, 3.63) is 41.2 Å². The van der Waals surface area contributed by atoms with Crippen molar-refractivity contribution in [3.63, 3.8) is 0 Å². The summed E-state index contributed by atoms with van der Waals surface area (Å²) in [6, 6.07) is 5.48. The molecule has 0 saturated carbocycles. The predicted molar refractivity (Wildman–Crippen MR) is 70.9 cm³/mol. The van der Waals surface area contributed by atoms with Gasteiger partial charge in [0.1, 0.15) is 5.75 Å². The van der Waals surface area contributed by atoms with Crippen molar-refractivity contribution >= 4 is 5.78 Å². The van der Waals surface area contributed by atoms with E-state index in [1.807, 2.05) is 13.0 Å². The SMILES string of the molecule is COc1ccc(C)cc1C(=O)c1c(OC)cnn1C. The van der Waals surface area contributed by atoms with E-state index in [2.05, 4.69) is 5.10 Å². The van der Waals surface area contributed by atoms with E-state index in [1.54, 1.807) is 26.3 Å². The molecule has 5 nitrogen and oxygen atoms in total. The first-order valence-electron chi connectivity index (χ1n) is 5.83. The van der Waals surface area contributed by atoms with Crippen LogP contribution in [0.1, 0.15) is 21.6 Å². The van der Waals surface area contributed by atoms with Crippen LogP contribution in [0.3, 0.4) is 0 Å². The molecule has 1 aromatic carbocycles. The van der Waals surface area contributed by atoms with E-state index in [1.165, 1.54) is 18.0 Å². The van der Waals surface area contributed by atoms with Gasteiger partial charge in [0.25, 0.3) is 0 Å². The van der Waals surface area contributed by atoms with Gasteiger partial charge >= 0.3 is 0 Å². The Morgan fingerprint density at radius 1 is 1.21 bits per heavy atom. The van der Waals surface area contributed by atoms with E-state index in [-0.39, 0.29) is 5.78 Å². The number of aryl methyl sites for hydroxylation is 2. The van der Waals surface area contributed by atoms with E-state index >= 15 is 0 Å². The highest BCUT2D eigenvalue weighted by atomic mass is 16.5. The molecule has 0 aliphatic rings. The van der Waals surface area contributed by atoms with Crippen LogP contribution >= 0.6 is 0 Å². The van der Waals surface area contributed by atoms with E-state index in [4.69, 9.17) is 9.47 Å². The van der Waals surface area contributed by atoms with Gasteiger partial charge in [-0.15, -0.1) is 0 Å². The van der Waals surface area contributed by atoms with Crippen LogP contribution in [0, 0.1) is 6.92 Å². The van der Waals surface area contributed by atoms with Crippen LogP contribution in [0.15, 0.2) is 24.4 Å². The first-order chi connectivity index (χ1) is 9.08. The summed E-state index contributed by atoms with van der Waals surface area (Å²) >= 11 is 0.